The van der Waals surface area contributed by atoms with Crippen molar-refractivity contribution >= 4 is 28.4 Å². The van der Waals surface area contributed by atoms with Gasteiger partial charge in [0.2, 0.25) is 5.88 Å². The lowest BCUT2D eigenvalue weighted by atomic mass is 10.3. The molecule has 2 heterocycles. The van der Waals surface area contributed by atoms with Crippen LogP contribution in [0, 0.1) is 3.57 Å². The van der Waals surface area contributed by atoms with Gasteiger partial charge in [-0.1, -0.05) is 0 Å². The molecule has 0 radical (unpaired) electrons. The van der Waals surface area contributed by atoms with E-state index in [1.54, 1.807) is 6.92 Å². The maximum atomic E-state index is 9.27. The first-order chi connectivity index (χ1) is 9.13. The number of rotatable bonds is 4. The monoisotopic (exact) mass is 376 g/mol. The first-order valence-corrected chi connectivity index (χ1v) is 7.58. The normalized spacial score (nSPS) is 26.8. The summed E-state index contributed by atoms with van der Waals surface area (Å²) in [6, 6.07) is 4.43. The number of hydrogen-bond donors (Lipinski definition) is 1. The fourth-order valence-corrected chi connectivity index (χ4v) is 2.85. The number of ether oxygens (including phenoxy) is 2. The maximum Gasteiger partial charge on any atom is 0.216 e. The molecule has 104 valence electrons. The smallest absolute Gasteiger partial charge is 0.216 e. The molecular formula is C13H17IN2O3. The van der Waals surface area contributed by atoms with Crippen molar-refractivity contribution in [1.82, 2.24) is 4.98 Å². The molecule has 1 saturated heterocycles. The Morgan fingerprint density at radius 3 is 3.26 bits per heavy atom. The molecule has 0 amide bonds. The Labute approximate surface area is 126 Å². The lowest BCUT2D eigenvalue weighted by Crippen LogP contribution is -2.37. The van der Waals surface area contributed by atoms with Crippen LogP contribution in [-0.2, 0) is 4.74 Å². The Morgan fingerprint density at radius 2 is 2.47 bits per heavy atom. The van der Waals surface area contributed by atoms with Crippen LogP contribution in [0.1, 0.15) is 13.3 Å². The third-order valence-electron chi connectivity index (χ3n) is 3.28. The van der Waals surface area contributed by atoms with E-state index in [1.807, 2.05) is 6.07 Å². The summed E-state index contributed by atoms with van der Waals surface area (Å²) >= 11 is 2.26. The molecule has 1 aromatic rings. The Morgan fingerprint density at radius 1 is 1.63 bits per heavy atom. The molecule has 19 heavy (non-hydrogen) atoms. The summed E-state index contributed by atoms with van der Waals surface area (Å²) in [4.78, 5) is 6.84. The molecule has 1 aliphatic carbocycles. The predicted molar refractivity (Wildman–Crippen MR) is 79.6 cm³/mol. The van der Waals surface area contributed by atoms with Crippen molar-refractivity contribution < 1.29 is 14.6 Å². The summed E-state index contributed by atoms with van der Waals surface area (Å²) in [5.74, 6) is 1.52. The van der Waals surface area contributed by atoms with Crippen LogP contribution >= 0.6 is 22.6 Å². The fourth-order valence-electron chi connectivity index (χ4n) is 2.31. The van der Waals surface area contributed by atoms with Crippen molar-refractivity contribution in [3.05, 3.63) is 15.7 Å². The highest BCUT2D eigenvalue weighted by molar-refractivity contribution is 14.1. The molecule has 5 nitrogen and oxygen atoms in total. The quantitative estimate of drug-likeness (QED) is 0.806. The van der Waals surface area contributed by atoms with Gasteiger partial charge < -0.3 is 19.5 Å². The van der Waals surface area contributed by atoms with Gasteiger partial charge in [0.25, 0.3) is 0 Å². The average molecular weight is 376 g/mol. The summed E-state index contributed by atoms with van der Waals surface area (Å²) in [6.45, 7) is 3.61. The van der Waals surface area contributed by atoms with Crippen molar-refractivity contribution in [2.75, 3.05) is 24.7 Å². The lowest BCUT2D eigenvalue weighted by molar-refractivity contribution is 0.102. The van der Waals surface area contributed by atoms with Crippen molar-refractivity contribution in [3.8, 4) is 5.88 Å². The third-order valence-corrected chi connectivity index (χ3v) is 3.91. The van der Waals surface area contributed by atoms with Crippen molar-refractivity contribution in [2.24, 2.45) is 0 Å². The largest absolute Gasteiger partial charge is 0.475 e. The molecule has 2 unspecified atom stereocenters. The minimum atomic E-state index is -0.487. The van der Waals surface area contributed by atoms with Crippen molar-refractivity contribution in [2.45, 2.75) is 31.6 Å². The first kappa shape index (κ1) is 13.4. The molecule has 0 spiro atoms. The van der Waals surface area contributed by atoms with Crippen LogP contribution in [0.2, 0.25) is 0 Å². The summed E-state index contributed by atoms with van der Waals surface area (Å²) in [5, 5.41) is 9.27. The van der Waals surface area contributed by atoms with E-state index in [4.69, 9.17) is 9.47 Å². The number of halogens is 1. The highest BCUT2D eigenvalue weighted by Gasteiger charge is 2.46. The van der Waals surface area contributed by atoms with Gasteiger partial charge in [-0.3, -0.25) is 0 Å². The van der Waals surface area contributed by atoms with Crippen LogP contribution in [0.15, 0.2) is 12.1 Å². The van der Waals surface area contributed by atoms with Crippen LogP contribution in [-0.4, -0.2) is 48.1 Å². The highest BCUT2D eigenvalue weighted by Crippen LogP contribution is 2.37. The van der Waals surface area contributed by atoms with E-state index in [2.05, 4.69) is 38.5 Å². The summed E-state index contributed by atoms with van der Waals surface area (Å²) < 4.78 is 12.2. The molecular weight excluding hydrogens is 359 g/mol. The molecule has 3 rings (SSSR count). The Hall–Kier alpha value is -0.600. The number of anilines is 1. The molecule has 1 N–H and O–H groups in total. The summed E-state index contributed by atoms with van der Waals surface area (Å²) in [7, 11) is 0. The molecule has 2 fully saturated rings. The van der Waals surface area contributed by atoms with Crippen LogP contribution in [0.4, 0.5) is 5.82 Å². The number of nitrogens with zero attached hydrogens (tertiary/aromatic N) is 2. The van der Waals surface area contributed by atoms with E-state index in [1.165, 1.54) is 0 Å². The van der Waals surface area contributed by atoms with Gasteiger partial charge in [-0.05, 0) is 42.0 Å². The van der Waals surface area contributed by atoms with Gasteiger partial charge in [-0.2, -0.15) is 4.98 Å². The Balaban J connectivity index is 1.77. The topological polar surface area (TPSA) is 54.8 Å². The second-order valence-corrected chi connectivity index (χ2v) is 6.29. The summed E-state index contributed by atoms with van der Waals surface area (Å²) in [5.41, 5.74) is 0. The van der Waals surface area contributed by atoms with Crippen molar-refractivity contribution in [3.63, 3.8) is 0 Å². The van der Waals surface area contributed by atoms with Crippen LogP contribution in [0.3, 0.4) is 0 Å². The first-order valence-electron chi connectivity index (χ1n) is 6.50. The van der Waals surface area contributed by atoms with Gasteiger partial charge in [-0.15, -0.1) is 0 Å². The zero-order chi connectivity index (χ0) is 13.4. The number of morpholine rings is 1. The minimum absolute atomic E-state index is 0.266. The van der Waals surface area contributed by atoms with Gasteiger partial charge >= 0.3 is 0 Å². The SMILES string of the molecule is C[C@@H](O)COc1cc(I)cc(N2CCOC3CC32)n1. The molecule has 0 aromatic carbocycles. The second-order valence-electron chi connectivity index (χ2n) is 5.05. The van der Waals surface area contributed by atoms with E-state index >= 15 is 0 Å². The third kappa shape index (κ3) is 3.11. The molecule has 2 aliphatic rings. The summed E-state index contributed by atoms with van der Waals surface area (Å²) in [6.07, 6.45) is 0.992. The van der Waals surface area contributed by atoms with Gasteiger partial charge in [-0.25, -0.2) is 0 Å². The predicted octanol–water partition coefficient (Wildman–Crippen LogP) is 1.42. The van der Waals surface area contributed by atoms with Gasteiger partial charge in [0.1, 0.15) is 12.4 Å². The van der Waals surface area contributed by atoms with Gasteiger partial charge in [0.15, 0.2) is 0 Å². The standard InChI is InChI=1S/C13H17IN2O3/c1-8(17)7-19-13-5-9(14)4-12(15-13)16-2-3-18-11-6-10(11)16/h4-5,8,10-11,17H,2-3,6-7H2,1H3/t8-,10?,11?/m1/s1. The van der Waals surface area contributed by atoms with E-state index in [0.29, 0.717) is 18.0 Å². The number of hydrogen-bond acceptors (Lipinski definition) is 5. The number of fused-ring (bicyclic) bond motifs is 1. The van der Waals surface area contributed by atoms with Gasteiger partial charge in [0, 0.05) is 16.2 Å². The zero-order valence-corrected chi connectivity index (χ0v) is 12.9. The number of aliphatic hydroxyl groups excluding tert-OH is 1. The fraction of sp³-hybridized carbons (Fsp3) is 0.615. The highest BCUT2D eigenvalue weighted by atomic mass is 127. The number of pyridine rings is 1. The Bertz CT molecular complexity index is 469. The maximum absolute atomic E-state index is 9.27. The van der Waals surface area contributed by atoms with E-state index < -0.39 is 6.10 Å². The molecule has 6 heteroatoms. The lowest BCUT2D eigenvalue weighted by Gasteiger charge is -2.28. The van der Waals surface area contributed by atoms with Crippen LogP contribution < -0.4 is 9.64 Å². The number of aromatic nitrogens is 1. The molecule has 1 aliphatic heterocycles. The zero-order valence-electron chi connectivity index (χ0n) is 10.8. The Kier molecular flexibility index (Phi) is 3.81. The number of aliphatic hydroxyl groups is 1. The molecule has 3 atom stereocenters. The molecule has 0 bridgehead atoms. The van der Waals surface area contributed by atoms with Crippen molar-refractivity contribution in [1.29, 1.82) is 0 Å². The van der Waals surface area contributed by atoms with Gasteiger partial charge in [0.05, 0.1) is 24.9 Å². The second kappa shape index (κ2) is 5.41. The molecule has 1 saturated carbocycles. The molecule has 1 aromatic heterocycles. The van der Waals surface area contributed by atoms with E-state index in [0.717, 1.165) is 29.0 Å². The van der Waals surface area contributed by atoms with Crippen LogP contribution in [0.25, 0.3) is 0 Å². The van der Waals surface area contributed by atoms with E-state index in [-0.39, 0.29) is 6.61 Å². The van der Waals surface area contributed by atoms with Crippen LogP contribution in [0.5, 0.6) is 5.88 Å². The average Bonchev–Trinajstić information content (AvgIpc) is 3.14. The van der Waals surface area contributed by atoms with E-state index in [9.17, 15) is 5.11 Å². The minimum Gasteiger partial charge on any atom is -0.475 e.